The normalized spacial score (nSPS) is 13.5. The Hall–Kier alpha value is -2.57. The van der Waals surface area contributed by atoms with Gasteiger partial charge in [0.1, 0.15) is 17.7 Å². The minimum Gasteiger partial charge on any atom is -0.444 e. The molecule has 7 heteroatoms. The lowest BCUT2D eigenvalue weighted by Crippen LogP contribution is -2.55. The number of carbonyl (C=O) groups is 3. The molecule has 2 N–H and O–H groups in total. The number of ether oxygens (including phenoxy) is 1. The van der Waals surface area contributed by atoms with Gasteiger partial charge in [0.25, 0.3) is 0 Å². The van der Waals surface area contributed by atoms with Crippen LogP contribution in [0.15, 0.2) is 18.2 Å². The van der Waals surface area contributed by atoms with Gasteiger partial charge in [-0.1, -0.05) is 44.5 Å². The van der Waals surface area contributed by atoms with Gasteiger partial charge in [0.15, 0.2) is 0 Å². The van der Waals surface area contributed by atoms with Gasteiger partial charge in [-0.05, 0) is 71.9 Å². The summed E-state index contributed by atoms with van der Waals surface area (Å²) in [7, 11) is 0. The number of hydrogen-bond donors (Lipinski definition) is 2. The third-order valence-electron chi connectivity index (χ3n) is 5.06. The molecule has 7 nitrogen and oxygen atoms in total. The van der Waals surface area contributed by atoms with Crippen LogP contribution in [0.25, 0.3) is 0 Å². The molecule has 0 saturated carbocycles. The quantitative estimate of drug-likeness (QED) is 0.560. The highest BCUT2D eigenvalue weighted by atomic mass is 16.6. The second-order valence-corrected chi connectivity index (χ2v) is 10.3. The molecule has 186 valence electrons. The standard InChI is InChI=1S/C26H43N3O4/c1-11-14-29(24(31)21(16(2)3)28-25(32)33-26(8,9)10)22(23(30)27-17(4)5)20-13-12-18(6)15-19(20)7/h12-13,15-17,21-22H,11,14H2,1-10H3,(H,27,30)(H,28,32). The van der Waals surface area contributed by atoms with E-state index in [0.717, 1.165) is 16.7 Å². The summed E-state index contributed by atoms with van der Waals surface area (Å²) in [6.45, 7) is 19.1. The molecule has 1 aromatic carbocycles. The summed E-state index contributed by atoms with van der Waals surface area (Å²) in [4.78, 5) is 41.3. The molecule has 0 aliphatic carbocycles. The largest absolute Gasteiger partial charge is 0.444 e. The zero-order valence-corrected chi connectivity index (χ0v) is 22.0. The number of nitrogens with one attached hydrogen (secondary N) is 2. The Kier molecular flexibility index (Phi) is 10.4. The molecule has 0 fully saturated rings. The van der Waals surface area contributed by atoms with Crippen molar-refractivity contribution >= 4 is 17.9 Å². The van der Waals surface area contributed by atoms with Crippen LogP contribution in [0.4, 0.5) is 4.79 Å². The van der Waals surface area contributed by atoms with Crippen molar-refractivity contribution in [3.8, 4) is 0 Å². The summed E-state index contributed by atoms with van der Waals surface area (Å²) in [5.41, 5.74) is 2.12. The minimum absolute atomic E-state index is 0.0786. The van der Waals surface area contributed by atoms with Gasteiger partial charge in [-0.25, -0.2) is 4.79 Å². The first kappa shape index (κ1) is 28.5. The highest BCUT2D eigenvalue weighted by Gasteiger charge is 2.37. The first-order valence-electron chi connectivity index (χ1n) is 11.8. The summed E-state index contributed by atoms with van der Waals surface area (Å²) < 4.78 is 5.39. The monoisotopic (exact) mass is 461 g/mol. The molecule has 0 heterocycles. The van der Waals surface area contributed by atoms with E-state index >= 15 is 0 Å². The van der Waals surface area contributed by atoms with Crippen molar-refractivity contribution in [3.05, 3.63) is 34.9 Å². The van der Waals surface area contributed by atoms with Crippen LogP contribution in [0.2, 0.25) is 0 Å². The molecule has 2 unspecified atom stereocenters. The third-order valence-corrected chi connectivity index (χ3v) is 5.06. The van der Waals surface area contributed by atoms with E-state index in [1.54, 1.807) is 25.7 Å². The molecule has 0 aliphatic heterocycles. The molecule has 33 heavy (non-hydrogen) atoms. The van der Waals surface area contributed by atoms with Gasteiger partial charge >= 0.3 is 6.09 Å². The number of aryl methyl sites for hydroxylation is 2. The Morgan fingerprint density at radius 3 is 2.09 bits per heavy atom. The van der Waals surface area contributed by atoms with E-state index in [0.29, 0.717) is 13.0 Å². The second-order valence-electron chi connectivity index (χ2n) is 10.3. The minimum atomic E-state index is -0.827. The number of rotatable bonds is 9. The fourth-order valence-electron chi connectivity index (χ4n) is 3.68. The number of nitrogens with zero attached hydrogens (tertiary/aromatic N) is 1. The van der Waals surface area contributed by atoms with Crippen LogP contribution < -0.4 is 10.6 Å². The van der Waals surface area contributed by atoms with Crippen LogP contribution in [0, 0.1) is 19.8 Å². The lowest BCUT2D eigenvalue weighted by molar-refractivity contribution is -0.143. The molecule has 0 bridgehead atoms. The van der Waals surface area contributed by atoms with Crippen LogP contribution in [-0.2, 0) is 14.3 Å². The molecule has 1 aromatic rings. The average Bonchev–Trinajstić information content (AvgIpc) is 2.64. The van der Waals surface area contributed by atoms with Crippen molar-refractivity contribution in [1.82, 2.24) is 15.5 Å². The Morgan fingerprint density at radius 1 is 1.03 bits per heavy atom. The molecular weight excluding hydrogens is 418 g/mol. The van der Waals surface area contributed by atoms with Gasteiger partial charge in [0.05, 0.1) is 0 Å². The lowest BCUT2D eigenvalue weighted by atomic mass is 9.95. The highest BCUT2D eigenvalue weighted by Crippen LogP contribution is 2.27. The molecule has 2 atom stereocenters. The molecule has 1 rings (SSSR count). The summed E-state index contributed by atoms with van der Waals surface area (Å²) in [6.07, 6.45) is 0.0139. The zero-order valence-electron chi connectivity index (χ0n) is 22.0. The first-order chi connectivity index (χ1) is 15.2. The van der Waals surface area contributed by atoms with Crippen molar-refractivity contribution < 1.29 is 19.1 Å². The zero-order chi connectivity index (χ0) is 25.5. The predicted molar refractivity (Wildman–Crippen MR) is 132 cm³/mol. The van der Waals surface area contributed by atoms with E-state index in [4.69, 9.17) is 4.74 Å². The number of hydrogen-bond acceptors (Lipinski definition) is 4. The van der Waals surface area contributed by atoms with Crippen LogP contribution in [-0.4, -0.2) is 47.0 Å². The number of carbonyl (C=O) groups excluding carboxylic acids is 3. The van der Waals surface area contributed by atoms with Crippen molar-refractivity contribution in [3.63, 3.8) is 0 Å². The van der Waals surface area contributed by atoms with Crippen LogP contribution in [0.1, 0.15) is 84.5 Å². The molecular formula is C26H43N3O4. The number of benzene rings is 1. The maximum atomic E-state index is 13.8. The molecule has 0 aromatic heterocycles. The van der Waals surface area contributed by atoms with E-state index < -0.39 is 23.8 Å². The van der Waals surface area contributed by atoms with Crippen molar-refractivity contribution in [2.45, 2.75) is 99.4 Å². The summed E-state index contributed by atoms with van der Waals surface area (Å²) >= 11 is 0. The number of amides is 3. The Morgan fingerprint density at radius 2 is 1.64 bits per heavy atom. The molecule has 3 amide bonds. The van der Waals surface area contributed by atoms with Gasteiger partial charge in [-0.3, -0.25) is 9.59 Å². The maximum Gasteiger partial charge on any atom is 0.408 e. The smallest absolute Gasteiger partial charge is 0.408 e. The number of alkyl carbamates (subject to hydrolysis) is 1. The predicted octanol–water partition coefficient (Wildman–Crippen LogP) is 4.66. The Labute approximate surface area is 199 Å². The van der Waals surface area contributed by atoms with Crippen LogP contribution >= 0.6 is 0 Å². The van der Waals surface area contributed by atoms with Crippen LogP contribution in [0.5, 0.6) is 0 Å². The fourth-order valence-corrected chi connectivity index (χ4v) is 3.68. The van der Waals surface area contributed by atoms with Crippen molar-refractivity contribution in [2.75, 3.05) is 6.54 Å². The van der Waals surface area contributed by atoms with E-state index in [-0.39, 0.29) is 23.8 Å². The van der Waals surface area contributed by atoms with Gasteiger partial charge in [-0.15, -0.1) is 0 Å². The van der Waals surface area contributed by atoms with Crippen molar-refractivity contribution in [2.24, 2.45) is 5.92 Å². The summed E-state index contributed by atoms with van der Waals surface area (Å²) in [5.74, 6) is -0.739. The lowest BCUT2D eigenvalue weighted by Gasteiger charge is -2.36. The third kappa shape index (κ3) is 8.71. The topological polar surface area (TPSA) is 87.7 Å². The first-order valence-corrected chi connectivity index (χ1v) is 11.8. The van der Waals surface area contributed by atoms with Gasteiger partial charge in [0.2, 0.25) is 11.8 Å². The second kappa shape index (κ2) is 12.1. The summed E-state index contributed by atoms with van der Waals surface area (Å²) in [6, 6.07) is 4.17. The van der Waals surface area contributed by atoms with Crippen LogP contribution in [0.3, 0.4) is 0 Å². The fraction of sp³-hybridized carbons (Fsp3) is 0.654. The average molecular weight is 462 g/mol. The Bertz CT molecular complexity index is 827. The summed E-state index contributed by atoms with van der Waals surface area (Å²) in [5, 5.41) is 5.71. The van der Waals surface area contributed by atoms with Gasteiger partial charge in [0, 0.05) is 12.6 Å². The SMILES string of the molecule is CCCN(C(=O)C(NC(=O)OC(C)(C)C)C(C)C)C(C(=O)NC(C)C)c1ccc(C)cc1C. The highest BCUT2D eigenvalue weighted by molar-refractivity contribution is 5.92. The van der Waals surface area contributed by atoms with Gasteiger partial charge in [-0.2, -0.15) is 0 Å². The van der Waals surface area contributed by atoms with E-state index in [2.05, 4.69) is 10.6 Å². The molecule has 0 spiro atoms. The van der Waals surface area contributed by atoms with E-state index in [9.17, 15) is 14.4 Å². The van der Waals surface area contributed by atoms with Gasteiger partial charge < -0.3 is 20.3 Å². The van der Waals surface area contributed by atoms with E-state index in [1.165, 1.54) is 0 Å². The molecule has 0 aliphatic rings. The maximum absolute atomic E-state index is 13.8. The Balaban J connectivity index is 3.46. The molecule has 0 radical (unpaired) electrons. The molecule has 0 saturated heterocycles. The van der Waals surface area contributed by atoms with E-state index in [1.807, 2.05) is 66.7 Å². The van der Waals surface area contributed by atoms with Crippen molar-refractivity contribution in [1.29, 1.82) is 0 Å².